The van der Waals surface area contributed by atoms with Gasteiger partial charge >= 0.3 is 5.97 Å². The molecule has 1 aliphatic carbocycles. The quantitative estimate of drug-likeness (QED) is 0.750. The van der Waals surface area contributed by atoms with E-state index in [9.17, 15) is 9.59 Å². The second-order valence-electron chi connectivity index (χ2n) is 7.18. The van der Waals surface area contributed by atoms with E-state index in [0.717, 1.165) is 23.8 Å². The number of fused-ring (bicyclic) bond motifs is 1. The fourth-order valence-corrected chi connectivity index (χ4v) is 3.56. The molecule has 1 N–H and O–H groups in total. The normalized spacial score (nSPS) is 16.1. The fraction of sp³-hybridized carbons (Fsp3) is 0.524. The van der Waals surface area contributed by atoms with Crippen molar-refractivity contribution in [2.75, 3.05) is 13.7 Å². The molecule has 1 fully saturated rings. The summed E-state index contributed by atoms with van der Waals surface area (Å²) in [6.07, 6.45) is 6.86. The van der Waals surface area contributed by atoms with E-state index < -0.39 is 12.1 Å². The van der Waals surface area contributed by atoms with Crippen molar-refractivity contribution in [1.29, 1.82) is 0 Å². The number of rotatable bonds is 7. The lowest BCUT2D eigenvalue weighted by Gasteiger charge is -2.22. The molecular formula is C21H27NO5. The smallest absolute Gasteiger partial charge is 0.311 e. The first-order chi connectivity index (χ1) is 13.1. The van der Waals surface area contributed by atoms with E-state index in [-0.39, 0.29) is 12.3 Å². The topological polar surface area (TPSA) is 77.8 Å². The maximum absolute atomic E-state index is 12.2. The number of ether oxygens (including phenoxy) is 2. The summed E-state index contributed by atoms with van der Waals surface area (Å²) >= 11 is 0. The number of furan rings is 1. The molecule has 2 aromatic rings. The van der Waals surface area contributed by atoms with E-state index in [1.54, 1.807) is 26.4 Å². The van der Waals surface area contributed by atoms with Crippen molar-refractivity contribution in [2.24, 2.45) is 5.92 Å². The molecule has 0 radical (unpaired) electrons. The second-order valence-corrected chi connectivity index (χ2v) is 7.18. The number of carbonyl (C=O) groups is 2. The van der Waals surface area contributed by atoms with E-state index in [4.69, 9.17) is 13.9 Å². The van der Waals surface area contributed by atoms with E-state index in [1.165, 1.54) is 19.3 Å². The average molecular weight is 373 g/mol. The van der Waals surface area contributed by atoms with Crippen molar-refractivity contribution in [3.05, 3.63) is 30.0 Å². The van der Waals surface area contributed by atoms with Gasteiger partial charge in [0, 0.05) is 23.6 Å². The van der Waals surface area contributed by atoms with Gasteiger partial charge in [0.05, 0.1) is 19.8 Å². The SMILES string of the molecule is COc1ccc2c(CC(=O)O[C@@H](C)C(=O)NCC3CCCCC3)coc2c1. The Morgan fingerprint density at radius 2 is 2.04 bits per heavy atom. The summed E-state index contributed by atoms with van der Waals surface area (Å²) < 4.78 is 15.9. The van der Waals surface area contributed by atoms with Crippen LogP contribution in [-0.4, -0.2) is 31.6 Å². The Hall–Kier alpha value is -2.50. The van der Waals surface area contributed by atoms with Crippen LogP contribution in [0.1, 0.15) is 44.6 Å². The van der Waals surface area contributed by atoms with Gasteiger partial charge in [-0.05, 0) is 37.8 Å². The molecule has 1 aromatic heterocycles. The molecule has 3 rings (SSSR count). The van der Waals surface area contributed by atoms with E-state index in [2.05, 4.69) is 5.32 Å². The highest BCUT2D eigenvalue weighted by Crippen LogP contribution is 2.26. The van der Waals surface area contributed by atoms with Crippen LogP contribution in [0.3, 0.4) is 0 Å². The summed E-state index contributed by atoms with van der Waals surface area (Å²) in [5.41, 5.74) is 1.38. The number of benzene rings is 1. The van der Waals surface area contributed by atoms with Gasteiger partial charge in [-0.3, -0.25) is 9.59 Å². The maximum Gasteiger partial charge on any atom is 0.311 e. The minimum atomic E-state index is -0.806. The average Bonchev–Trinajstić information content (AvgIpc) is 3.08. The lowest BCUT2D eigenvalue weighted by Crippen LogP contribution is -2.39. The van der Waals surface area contributed by atoms with Crippen molar-refractivity contribution in [3.8, 4) is 5.75 Å². The first kappa shape index (κ1) is 19.3. The molecule has 1 heterocycles. The molecule has 1 aromatic carbocycles. The fourth-order valence-electron chi connectivity index (χ4n) is 3.56. The number of carbonyl (C=O) groups excluding carboxylic acids is 2. The van der Waals surface area contributed by atoms with Crippen molar-refractivity contribution < 1.29 is 23.5 Å². The molecule has 1 amide bonds. The van der Waals surface area contributed by atoms with Crippen molar-refractivity contribution in [2.45, 2.75) is 51.6 Å². The largest absolute Gasteiger partial charge is 0.497 e. The Balaban J connectivity index is 1.50. The third-order valence-electron chi connectivity index (χ3n) is 5.16. The standard InChI is InChI=1S/C21H27NO5/c1-14(21(24)22-12-15-6-4-3-5-7-15)27-20(23)10-16-13-26-19-11-17(25-2)8-9-18(16)19/h8-9,11,13-15H,3-7,10,12H2,1-2H3,(H,22,24)/t14-/m0/s1. The monoisotopic (exact) mass is 373 g/mol. The third kappa shape index (κ3) is 5.02. The summed E-state index contributed by atoms with van der Waals surface area (Å²) in [5, 5.41) is 3.75. The molecular weight excluding hydrogens is 346 g/mol. The van der Waals surface area contributed by atoms with Gasteiger partial charge in [-0.15, -0.1) is 0 Å². The summed E-state index contributed by atoms with van der Waals surface area (Å²) in [6, 6.07) is 5.43. The Kier molecular flexibility index (Phi) is 6.37. The predicted molar refractivity (Wildman–Crippen MR) is 102 cm³/mol. The van der Waals surface area contributed by atoms with Crippen molar-refractivity contribution in [3.63, 3.8) is 0 Å². The molecule has 0 unspecified atom stereocenters. The Morgan fingerprint density at radius 3 is 2.78 bits per heavy atom. The zero-order chi connectivity index (χ0) is 19.2. The molecule has 146 valence electrons. The number of amides is 1. The van der Waals surface area contributed by atoms with Crippen molar-refractivity contribution in [1.82, 2.24) is 5.32 Å². The van der Waals surface area contributed by atoms with Crippen LogP contribution in [0.2, 0.25) is 0 Å². The van der Waals surface area contributed by atoms with E-state index >= 15 is 0 Å². The molecule has 1 aliphatic rings. The van der Waals surface area contributed by atoms with Gasteiger partial charge in [-0.25, -0.2) is 0 Å². The molecule has 1 atom stereocenters. The number of hydrogen-bond donors (Lipinski definition) is 1. The van der Waals surface area contributed by atoms with Gasteiger partial charge in [-0.1, -0.05) is 19.3 Å². The van der Waals surface area contributed by atoms with Crippen LogP contribution in [-0.2, 0) is 20.7 Å². The number of esters is 1. The lowest BCUT2D eigenvalue weighted by molar-refractivity contribution is -0.154. The van der Waals surface area contributed by atoms with E-state index in [1.807, 2.05) is 12.1 Å². The molecule has 0 saturated heterocycles. The highest BCUT2D eigenvalue weighted by molar-refractivity contribution is 5.88. The zero-order valence-electron chi connectivity index (χ0n) is 16.0. The zero-order valence-corrected chi connectivity index (χ0v) is 16.0. The number of nitrogens with one attached hydrogen (secondary N) is 1. The Bertz CT molecular complexity index is 791. The van der Waals surface area contributed by atoms with Crippen LogP contribution in [0.15, 0.2) is 28.9 Å². The molecule has 27 heavy (non-hydrogen) atoms. The first-order valence-electron chi connectivity index (χ1n) is 9.58. The maximum atomic E-state index is 12.2. The highest BCUT2D eigenvalue weighted by atomic mass is 16.5. The Morgan fingerprint density at radius 1 is 1.26 bits per heavy atom. The molecule has 6 nitrogen and oxygen atoms in total. The van der Waals surface area contributed by atoms with Gasteiger partial charge in [-0.2, -0.15) is 0 Å². The van der Waals surface area contributed by atoms with Crippen LogP contribution in [0.5, 0.6) is 5.75 Å². The molecule has 0 aliphatic heterocycles. The Labute approximate surface area is 159 Å². The van der Waals surface area contributed by atoms with Crippen LogP contribution in [0, 0.1) is 5.92 Å². The minimum Gasteiger partial charge on any atom is -0.497 e. The van der Waals surface area contributed by atoms with Crippen molar-refractivity contribution >= 4 is 22.8 Å². The predicted octanol–water partition coefficient (Wildman–Crippen LogP) is 3.61. The first-order valence-corrected chi connectivity index (χ1v) is 9.58. The minimum absolute atomic E-state index is 0.0551. The molecule has 0 bridgehead atoms. The van der Waals surface area contributed by atoms with E-state index in [0.29, 0.717) is 23.8 Å². The highest BCUT2D eigenvalue weighted by Gasteiger charge is 2.21. The van der Waals surface area contributed by atoms with Gasteiger partial charge < -0.3 is 19.2 Å². The molecule has 6 heteroatoms. The van der Waals surface area contributed by atoms with Crippen LogP contribution >= 0.6 is 0 Å². The number of hydrogen-bond acceptors (Lipinski definition) is 5. The van der Waals surface area contributed by atoms with Gasteiger partial charge in [0.15, 0.2) is 6.10 Å². The molecule has 1 saturated carbocycles. The van der Waals surface area contributed by atoms with Crippen LogP contribution < -0.4 is 10.1 Å². The summed E-state index contributed by atoms with van der Waals surface area (Å²) in [4.78, 5) is 24.4. The summed E-state index contributed by atoms with van der Waals surface area (Å²) in [7, 11) is 1.59. The lowest BCUT2D eigenvalue weighted by atomic mass is 9.89. The molecule has 0 spiro atoms. The summed E-state index contributed by atoms with van der Waals surface area (Å²) in [6.45, 7) is 2.27. The van der Waals surface area contributed by atoms with Crippen LogP contribution in [0.4, 0.5) is 0 Å². The number of methoxy groups -OCH3 is 1. The van der Waals surface area contributed by atoms with Crippen LogP contribution in [0.25, 0.3) is 11.0 Å². The van der Waals surface area contributed by atoms with Gasteiger partial charge in [0.25, 0.3) is 5.91 Å². The van der Waals surface area contributed by atoms with Gasteiger partial charge in [0.1, 0.15) is 11.3 Å². The second kappa shape index (κ2) is 8.93. The van der Waals surface area contributed by atoms with Gasteiger partial charge in [0.2, 0.25) is 0 Å². The third-order valence-corrected chi connectivity index (χ3v) is 5.16. The summed E-state index contributed by atoms with van der Waals surface area (Å²) in [5.74, 6) is 0.540.